The molecule has 1 saturated heterocycles. The van der Waals surface area contributed by atoms with Crippen molar-refractivity contribution in [2.24, 2.45) is 11.3 Å². The van der Waals surface area contributed by atoms with Gasteiger partial charge in [-0.05, 0) is 30.4 Å². The van der Waals surface area contributed by atoms with E-state index in [0.717, 1.165) is 0 Å². The molecule has 2 atom stereocenters. The Kier molecular flexibility index (Phi) is 5.72. The molecule has 0 aromatic heterocycles. The highest BCUT2D eigenvalue weighted by Gasteiger charge is 2.41. The van der Waals surface area contributed by atoms with E-state index >= 15 is 0 Å². The number of carbonyl (C=O) groups is 2. The molecule has 2 rings (SSSR count). The Bertz CT molecular complexity index is 673. The van der Waals surface area contributed by atoms with E-state index in [9.17, 15) is 23.5 Å². The summed E-state index contributed by atoms with van der Waals surface area (Å²) in [4.78, 5) is 25.7. The number of ketones is 1. The molecule has 1 aliphatic rings. The minimum Gasteiger partial charge on any atom is -0.465 e. The van der Waals surface area contributed by atoms with Crippen molar-refractivity contribution in [1.82, 2.24) is 4.90 Å². The third-order valence-electron chi connectivity index (χ3n) is 4.73. The number of hydrogen-bond donors (Lipinski definition) is 1. The van der Waals surface area contributed by atoms with Crippen LogP contribution in [0.3, 0.4) is 0 Å². The monoisotopic (exact) mass is 373 g/mol. The number of rotatable bonds is 3. The summed E-state index contributed by atoms with van der Waals surface area (Å²) in [5.41, 5.74) is -0.761. The van der Waals surface area contributed by atoms with Crippen LogP contribution in [0, 0.1) is 11.3 Å². The minimum atomic E-state index is -2.77. The van der Waals surface area contributed by atoms with Crippen LogP contribution in [0.5, 0.6) is 0 Å². The van der Waals surface area contributed by atoms with Gasteiger partial charge < -0.3 is 10.0 Å². The number of likely N-dealkylation sites (tertiary alicyclic amines) is 1. The summed E-state index contributed by atoms with van der Waals surface area (Å²) < 4.78 is 26.5. The van der Waals surface area contributed by atoms with Gasteiger partial charge in [-0.25, -0.2) is 13.6 Å². The second-order valence-corrected chi connectivity index (χ2v) is 7.91. The van der Waals surface area contributed by atoms with Gasteiger partial charge in [0.05, 0.1) is 0 Å². The summed E-state index contributed by atoms with van der Waals surface area (Å²) in [6, 6.07) is 3.43. The molecule has 1 aromatic rings. The van der Waals surface area contributed by atoms with Crippen LogP contribution in [0.15, 0.2) is 18.2 Å². The van der Waals surface area contributed by atoms with Gasteiger partial charge in [0, 0.05) is 34.7 Å². The quantitative estimate of drug-likeness (QED) is 0.735. The predicted octanol–water partition coefficient (Wildman–Crippen LogP) is 5.27. The maximum absolute atomic E-state index is 13.2. The normalized spacial score (nSPS) is 21.5. The number of piperidine rings is 1. The van der Waals surface area contributed by atoms with E-state index in [4.69, 9.17) is 11.6 Å². The largest absolute Gasteiger partial charge is 0.465 e. The Balaban J connectivity index is 2.32. The van der Waals surface area contributed by atoms with E-state index in [2.05, 4.69) is 0 Å². The van der Waals surface area contributed by atoms with Crippen LogP contribution >= 0.6 is 11.6 Å². The lowest BCUT2D eigenvalue weighted by Crippen LogP contribution is -2.52. The van der Waals surface area contributed by atoms with E-state index in [0.29, 0.717) is 12.8 Å². The molecule has 0 bridgehead atoms. The highest BCUT2D eigenvalue weighted by Crippen LogP contribution is 2.37. The number of nitrogens with zero attached hydrogens (tertiary/aromatic N) is 1. The zero-order chi connectivity index (χ0) is 18.9. The summed E-state index contributed by atoms with van der Waals surface area (Å²) in [6.45, 7) is 5.93. The Labute approximate surface area is 150 Å². The first-order valence-electron chi connectivity index (χ1n) is 8.13. The number of carbonyl (C=O) groups excluding carboxylic acids is 1. The van der Waals surface area contributed by atoms with Gasteiger partial charge >= 0.3 is 6.09 Å². The van der Waals surface area contributed by atoms with Gasteiger partial charge in [-0.1, -0.05) is 38.4 Å². The summed E-state index contributed by atoms with van der Waals surface area (Å²) in [5.74, 6) is -0.895. The van der Waals surface area contributed by atoms with Gasteiger partial charge in [0.1, 0.15) is 0 Å². The molecular weight excluding hydrogens is 352 g/mol. The molecule has 1 fully saturated rings. The van der Waals surface area contributed by atoms with E-state index in [1.807, 2.05) is 20.8 Å². The van der Waals surface area contributed by atoms with Crippen LogP contribution in [-0.2, 0) is 0 Å². The molecule has 1 N–H and O–H groups in total. The first-order chi connectivity index (χ1) is 11.5. The Hall–Kier alpha value is -1.69. The SMILES string of the molecule is CC(C)(C)C1CC(C(=O)c2cc(Cl)ccc2C(F)F)CCN1C(=O)O. The topological polar surface area (TPSA) is 57.6 Å². The zero-order valence-electron chi connectivity index (χ0n) is 14.4. The fourth-order valence-corrected chi connectivity index (χ4v) is 3.58. The van der Waals surface area contributed by atoms with Crippen molar-refractivity contribution in [2.45, 2.75) is 46.1 Å². The number of amides is 1. The predicted molar refractivity (Wildman–Crippen MR) is 91.4 cm³/mol. The molecule has 7 heteroatoms. The van der Waals surface area contributed by atoms with E-state index in [1.54, 1.807) is 0 Å². The smallest absolute Gasteiger partial charge is 0.407 e. The number of hydrogen-bond acceptors (Lipinski definition) is 2. The number of carboxylic acid groups (broad SMARTS) is 1. The summed E-state index contributed by atoms with van der Waals surface area (Å²) >= 11 is 5.89. The van der Waals surface area contributed by atoms with Crippen molar-refractivity contribution in [3.05, 3.63) is 34.3 Å². The van der Waals surface area contributed by atoms with E-state index in [-0.39, 0.29) is 34.2 Å². The molecule has 0 radical (unpaired) electrons. The molecule has 25 heavy (non-hydrogen) atoms. The van der Waals surface area contributed by atoms with Crippen molar-refractivity contribution >= 4 is 23.5 Å². The zero-order valence-corrected chi connectivity index (χ0v) is 15.2. The highest BCUT2D eigenvalue weighted by molar-refractivity contribution is 6.31. The van der Waals surface area contributed by atoms with Crippen molar-refractivity contribution < 1.29 is 23.5 Å². The number of Topliss-reactive ketones (excluding diaryl/α,β-unsaturated/α-hetero) is 1. The molecule has 1 aliphatic heterocycles. The van der Waals surface area contributed by atoms with Crippen LogP contribution in [0.25, 0.3) is 0 Å². The lowest BCUT2D eigenvalue weighted by molar-refractivity contribution is 0.0374. The first-order valence-corrected chi connectivity index (χ1v) is 8.51. The van der Waals surface area contributed by atoms with Crippen LogP contribution < -0.4 is 0 Å². The van der Waals surface area contributed by atoms with Gasteiger partial charge in [0.25, 0.3) is 6.43 Å². The van der Waals surface area contributed by atoms with Crippen molar-refractivity contribution in [1.29, 1.82) is 0 Å². The van der Waals surface area contributed by atoms with Crippen molar-refractivity contribution in [3.63, 3.8) is 0 Å². The minimum absolute atomic E-state index is 0.0658. The number of alkyl halides is 2. The van der Waals surface area contributed by atoms with Crippen molar-refractivity contribution in [3.8, 4) is 0 Å². The molecule has 0 saturated carbocycles. The Morgan fingerprint density at radius 2 is 1.96 bits per heavy atom. The van der Waals surface area contributed by atoms with Crippen LogP contribution in [0.4, 0.5) is 13.6 Å². The summed E-state index contributed by atoms with van der Waals surface area (Å²) in [6.07, 6.45) is -3.17. The highest BCUT2D eigenvalue weighted by atomic mass is 35.5. The second kappa shape index (κ2) is 7.28. The molecule has 1 aromatic carbocycles. The fourth-order valence-electron chi connectivity index (χ4n) is 3.41. The van der Waals surface area contributed by atoms with E-state index < -0.39 is 24.2 Å². The third kappa shape index (κ3) is 4.29. The van der Waals surface area contributed by atoms with Crippen LogP contribution in [0.2, 0.25) is 5.02 Å². The summed E-state index contributed by atoms with van der Waals surface area (Å²) in [7, 11) is 0. The maximum Gasteiger partial charge on any atom is 0.407 e. The molecule has 1 amide bonds. The van der Waals surface area contributed by atoms with Crippen LogP contribution in [-0.4, -0.2) is 34.5 Å². The Morgan fingerprint density at radius 1 is 1.32 bits per heavy atom. The van der Waals surface area contributed by atoms with Gasteiger partial charge in [-0.2, -0.15) is 0 Å². The standard InChI is InChI=1S/C18H22ClF2NO3/c1-18(2,3)14-8-10(6-7-22(14)17(24)25)15(23)13-9-11(19)4-5-12(13)16(20)21/h4-5,9-10,14,16H,6-8H2,1-3H3,(H,24,25). The van der Waals surface area contributed by atoms with Gasteiger partial charge in [-0.3, -0.25) is 4.79 Å². The molecular formula is C18H22ClF2NO3. The van der Waals surface area contributed by atoms with Crippen LogP contribution in [0.1, 0.15) is 56.0 Å². The third-order valence-corrected chi connectivity index (χ3v) is 4.97. The molecule has 0 spiro atoms. The fraction of sp³-hybridized carbons (Fsp3) is 0.556. The van der Waals surface area contributed by atoms with Gasteiger partial charge in [0.15, 0.2) is 5.78 Å². The first kappa shape index (κ1) is 19.6. The lowest BCUT2D eigenvalue weighted by Gasteiger charge is -2.44. The summed E-state index contributed by atoms with van der Waals surface area (Å²) in [5, 5.41) is 9.62. The molecule has 138 valence electrons. The second-order valence-electron chi connectivity index (χ2n) is 7.48. The van der Waals surface area contributed by atoms with Gasteiger partial charge in [0.2, 0.25) is 0 Å². The maximum atomic E-state index is 13.2. The van der Waals surface area contributed by atoms with E-state index in [1.165, 1.54) is 23.1 Å². The molecule has 4 nitrogen and oxygen atoms in total. The molecule has 2 unspecified atom stereocenters. The molecule has 1 heterocycles. The average molecular weight is 374 g/mol. The average Bonchev–Trinajstić information content (AvgIpc) is 2.52. The Morgan fingerprint density at radius 3 is 2.48 bits per heavy atom. The number of halogens is 3. The number of benzene rings is 1. The van der Waals surface area contributed by atoms with Crippen molar-refractivity contribution in [2.75, 3.05) is 6.54 Å². The lowest BCUT2D eigenvalue weighted by atomic mass is 9.75. The molecule has 0 aliphatic carbocycles. The van der Waals surface area contributed by atoms with Gasteiger partial charge in [-0.15, -0.1) is 0 Å².